The molecule has 0 aromatic heterocycles. The van der Waals surface area contributed by atoms with Crippen LogP contribution in [0.25, 0.3) is 5.57 Å². The topological polar surface area (TPSA) is 0 Å². The van der Waals surface area contributed by atoms with Gasteiger partial charge in [0.1, 0.15) is 0 Å². The third kappa shape index (κ3) is 4.53. The maximum Gasteiger partial charge on any atom is -1.00 e. The van der Waals surface area contributed by atoms with Crippen molar-refractivity contribution >= 4 is 15.5 Å². The molecule has 0 N–H and O–H groups in total. The van der Waals surface area contributed by atoms with Crippen LogP contribution < -0.4 is 24.8 Å². The monoisotopic (exact) mass is 528 g/mol. The molecule has 2 aliphatic carbocycles. The van der Waals surface area contributed by atoms with Crippen molar-refractivity contribution in [3.8, 4) is 0 Å². The third-order valence-electron chi connectivity index (χ3n) is 5.61. The van der Waals surface area contributed by atoms with Crippen molar-refractivity contribution in [3.05, 3.63) is 62.0 Å². The minimum absolute atomic E-state index is 0. The SMILES string of the molecule is CC1=C(C)[CH]([Zr+2]([C]2=CC(C(C)(C)C)=CC2)=[Ge]([CH3])[CH3])c2ccccc21.[Cl-].[Cl-]. The van der Waals surface area contributed by atoms with Crippen LogP contribution in [0.5, 0.6) is 0 Å². The van der Waals surface area contributed by atoms with E-state index >= 15 is 0 Å². The largest absolute Gasteiger partial charge is 1.00 e. The maximum atomic E-state index is 2.65. The second-order valence-electron chi connectivity index (χ2n) is 8.53. The minimum Gasteiger partial charge on any atom is -1.00 e. The van der Waals surface area contributed by atoms with Crippen LogP contribution in [-0.2, 0) is 18.6 Å². The summed E-state index contributed by atoms with van der Waals surface area (Å²) in [5, 5.41) is 0. The van der Waals surface area contributed by atoms with Crippen molar-refractivity contribution in [1.82, 2.24) is 0 Å². The predicted octanol–water partition coefficient (Wildman–Crippen LogP) is 0.672. The van der Waals surface area contributed by atoms with Gasteiger partial charge in [0, 0.05) is 0 Å². The Morgan fingerprint density at radius 1 is 1.04 bits per heavy atom. The molecule has 0 aliphatic heterocycles. The summed E-state index contributed by atoms with van der Waals surface area (Å²) in [5.41, 5.74) is 8.35. The van der Waals surface area contributed by atoms with Crippen LogP contribution in [0.2, 0.25) is 11.5 Å². The van der Waals surface area contributed by atoms with E-state index in [1.165, 1.54) is 6.42 Å². The van der Waals surface area contributed by atoms with Gasteiger partial charge in [0.2, 0.25) is 0 Å². The number of fused-ring (bicyclic) bond motifs is 1. The second kappa shape index (κ2) is 9.30. The summed E-state index contributed by atoms with van der Waals surface area (Å²) in [5.74, 6) is 5.29. The van der Waals surface area contributed by atoms with Gasteiger partial charge in [0.15, 0.2) is 0 Å². The molecule has 1 aromatic rings. The average Bonchev–Trinajstić information content (AvgIpc) is 3.08. The fourth-order valence-electron chi connectivity index (χ4n) is 4.16. The van der Waals surface area contributed by atoms with Crippen molar-refractivity contribution < 1.29 is 43.4 Å². The standard InChI is InChI=1S/C11H11.C9H13.C2H6Ge.2ClH.Zr/c1-8-7-10-5-3-4-6-11(10)9(8)2;1-9(2,3)8-6-4-5-7-8;1-3-2;;;/h3-7H,1-2H3;6-7H,4H2,1-3H3;1-2H3;2*1H;/q;;;;;+2/p-2. The molecule has 0 radical (unpaired) electrons. The summed E-state index contributed by atoms with van der Waals surface area (Å²) in [7, 11) is -0.932. The van der Waals surface area contributed by atoms with Gasteiger partial charge in [-0.25, -0.2) is 0 Å². The van der Waals surface area contributed by atoms with E-state index in [-0.39, 0.29) is 24.8 Å². The van der Waals surface area contributed by atoms with Crippen molar-refractivity contribution in [3.63, 3.8) is 0 Å². The van der Waals surface area contributed by atoms with E-state index in [0.717, 1.165) is 3.63 Å². The average molecular weight is 529 g/mol. The first-order valence-electron chi connectivity index (χ1n) is 9.07. The maximum absolute atomic E-state index is 2.65. The van der Waals surface area contributed by atoms with E-state index in [9.17, 15) is 0 Å². The molecule has 26 heavy (non-hydrogen) atoms. The molecule has 1 atom stereocenters. The predicted molar refractivity (Wildman–Crippen MR) is 105 cm³/mol. The Kier molecular flexibility index (Phi) is 8.75. The van der Waals surface area contributed by atoms with Gasteiger partial charge in [-0.2, -0.15) is 0 Å². The molecule has 0 spiro atoms. The van der Waals surface area contributed by atoms with Crippen molar-refractivity contribution in [1.29, 1.82) is 0 Å². The van der Waals surface area contributed by atoms with Gasteiger partial charge in [0.05, 0.1) is 0 Å². The van der Waals surface area contributed by atoms with E-state index in [4.69, 9.17) is 0 Å². The van der Waals surface area contributed by atoms with Crippen molar-refractivity contribution in [2.75, 3.05) is 0 Å². The molecule has 0 saturated carbocycles. The summed E-state index contributed by atoms with van der Waals surface area (Å²) in [4.78, 5) is 0. The number of hydrogen-bond donors (Lipinski definition) is 0. The second-order valence-corrected chi connectivity index (χ2v) is 37.2. The van der Waals surface area contributed by atoms with Gasteiger partial charge in [-0.1, -0.05) is 0 Å². The fraction of sp³-hybridized carbons (Fsp3) is 0.455. The molecule has 0 bridgehead atoms. The Morgan fingerprint density at radius 3 is 2.19 bits per heavy atom. The number of halogens is 2. The van der Waals surface area contributed by atoms with Gasteiger partial charge in [-0.05, 0) is 0 Å². The van der Waals surface area contributed by atoms with Gasteiger partial charge < -0.3 is 24.8 Å². The van der Waals surface area contributed by atoms with Crippen LogP contribution in [-0.4, -0.2) is 9.98 Å². The van der Waals surface area contributed by atoms with E-state index < -0.39 is 28.6 Å². The first kappa shape index (κ1) is 24.5. The number of rotatable bonds is 2. The summed E-state index contributed by atoms with van der Waals surface area (Å²) in [6, 6.07) is 9.24. The zero-order valence-corrected chi connectivity index (χ0v) is 23.1. The van der Waals surface area contributed by atoms with Gasteiger partial charge in [-0.15, -0.1) is 0 Å². The van der Waals surface area contributed by atoms with Crippen LogP contribution in [0, 0.1) is 5.41 Å². The molecular weight excluding hydrogens is 499 g/mol. The van der Waals surface area contributed by atoms with Crippen LogP contribution in [0.3, 0.4) is 0 Å². The summed E-state index contributed by atoms with van der Waals surface area (Å²) in [6.07, 6.45) is 6.42. The smallest absolute Gasteiger partial charge is 1.00 e. The van der Waals surface area contributed by atoms with Crippen LogP contribution >= 0.6 is 0 Å². The van der Waals surface area contributed by atoms with Crippen molar-refractivity contribution in [2.24, 2.45) is 5.41 Å². The quantitative estimate of drug-likeness (QED) is 0.495. The number of allylic oxidation sites excluding steroid dienone is 6. The molecule has 3 rings (SSSR count). The zero-order chi connectivity index (χ0) is 17.6. The van der Waals surface area contributed by atoms with Gasteiger partial charge in [0.25, 0.3) is 0 Å². The molecule has 0 fully saturated rings. The molecule has 0 heterocycles. The van der Waals surface area contributed by atoms with Crippen molar-refractivity contribution in [2.45, 2.75) is 56.2 Å². The molecule has 140 valence electrons. The Labute approximate surface area is 181 Å². The third-order valence-corrected chi connectivity index (χ3v) is 35.0. The molecule has 0 nitrogen and oxygen atoms in total. The molecule has 0 amide bonds. The summed E-state index contributed by atoms with van der Waals surface area (Å²) >= 11 is -1.65. The van der Waals surface area contributed by atoms with Crippen LogP contribution in [0.15, 0.2) is 50.8 Å². The molecule has 0 saturated heterocycles. The first-order valence-corrected chi connectivity index (χ1v) is 23.4. The van der Waals surface area contributed by atoms with E-state index in [0.29, 0.717) is 5.41 Å². The van der Waals surface area contributed by atoms with E-state index in [1.54, 1.807) is 27.8 Å². The van der Waals surface area contributed by atoms with Crippen LogP contribution in [0.4, 0.5) is 0 Å². The Morgan fingerprint density at radius 2 is 1.65 bits per heavy atom. The Balaban J connectivity index is 0.00000169. The normalized spacial score (nSPS) is 18.2. The van der Waals surface area contributed by atoms with E-state index in [2.05, 4.69) is 82.5 Å². The van der Waals surface area contributed by atoms with E-state index in [1.807, 2.05) is 3.28 Å². The minimum atomic E-state index is -1.65. The molecule has 4 heteroatoms. The van der Waals surface area contributed by atoms with Gasteiger partial charge in [-0.3, -0.25) is 0 Å². The Hall–Kier alpha value is 0.446. The van der Waals surface area contributed by atoms with Gasteiger partial charge >= 0.3 is 158 Å². The molecule has 1 unspecified atom stereocenters. The molecule has 1 aromatic carbocycles. The number of benzene rings is 1. The zero-order valence-electron chi connectivity index (χ0n) is 17.0. The number of hydrogen-bond acceptors (Lipinski definition) is 0. The Bertz CT molecular complexity index is 819. The first-order chi connectivity index (χ1) is 11.2. The molecular formula is C22H30Cl2GeZr. The van der Waals surface area contributed by atoms with Crippen LogP contribution in [0.1, 0.15) is 55.8 Å². The summed E-state index contributed by atoms with van der Waals surface area (Å²) < 4.78 is 2.71. The summed E-state index contributed by atoms with van der Waals surface area (Å²) in [6.45, 7) is 11.8. The molecule has 2 aliphatic rings. The fourth-order valence-corrected chi connectivity index (χ4v) is 34.5.